The van der Waals surface area contributed by atoms with Gasteiger partial charge in [-0.2, -0.15) is 0 Å². The summed E-state index contributed by atoms with van der Waals surface area (Å²) in [5.74, 6) is -0.294. The summed E-state index contributed by atoms with van der Waals surface area (Å²) < 4.78 is 0. The van der Waals surface area contributed by atoms with E-state index in [4.69, 9.17) is 5.73 Å². The van der Waals surface area contributed by atoms with Gasteiger partial charge in [0.15, 0.2) is 0 Å². The molecule has 1 atom stereocenters. The second kappa shape index (κ2) is 4.47. The Kier molecular flexibility index (Phi) is 3.17. The van der Waals surface area contributed by atoms with E-state index in [1.807, 2.05) is 30.3 Å². The molecule has 1 amide bonds. The molecule has 4 heteroatoms. The largest absolute Gasteiger partial charge is 0.386 e. The topological polar surface area (TPSA) is 66.6 Å². The number of β-amino-alcohol motifs (C(OH)–C–C–N with tert-alkyl or cyclic N) is 1. The molecule has 92 valence electrons. The predicted octanol–water partition coefficient (Wildman–Crippen LogP) is 0.322. The number of hydrogen-bond donors (Lipinski definition) is 2. The fourth-order valence-corrected chi connectivity index (χ4v) is 2.22. The van der Waals surface area contributed by atoms with Gasteiger partial charge in [-0.3, -0.25) is 4.79 Å². The van der Waals surface area contributed by atoms with Crippen LogP contribution in [0, 0.1) is 0 Å². The first-order valence-electron chi connectivity index (χ1n) is 5.80. The van der Waals surface area contributed by atoms with E-state index < -0.39 is 5.60 Å². The zero-order chi connectivity index (χ0) is 12.5. The molecule has 4 nitrogen and oxygen atoms in total. The average Bonchev–Trinajstić information content (AvgIpc) is 2.28. The van der Waals surface area contributed by atoms with Crippen LogP contribution in [0.4, 0.5) is 0 Å². The maximum Gasteiger partial charge on any atom is 0.231 e. The van der Waals surface area contributed by atoms with Crippen LogP contribution in [0.3, 0.4) is 0 Å². The molecule has 0 bridgehead atoms. The fourth-order valence-electron chi connectivity index (χ4n) is 2.22. The van der Waals surface area contributed by atoms with Gasteiger partial charge in [-0.05, 0) is 12.5 Å². The molecule has 1 fully saturated rings. The number of carbonyl (C=O) groups excluding carboxylic acids is 1. The molecular weight excluding hydrogens is 216 g/mol. The number of nitrogens with two attached hydrogens (primary N) is 1. The Balaban J connectivity index is 2.07. The minimum atomic E-state index is -0.731. The molecule has 0 radical (unpaired) electrons. The van der Waals surface area contributed by atoms with Crippen LogP contribution in [0.25, 0.3) is 0 Å². The van der Waals surface area contributed by atoms with Crippen LogP contribution in [-0.2, 0) is 4.79 Å². The number of likely N-dealkylation sites (tertiary alicyclic amines) is 1. The summed E-state index contributed by atoms with van der Waals surface area (Å²) in [7, 11) is 0. The quantitative estimate of drug-likeness (QED) is 0.791. The van der Waals surface area contributed by atoms with Gasteiger partial charge in [-0.15, -0.1) is 0 Å². The first-order valence-corrected chi connectivity index (χ1v) is 5.80. The van der Waals surface area contributed by atoms with Gasteiger partial charge in [0.05, 0.1) is 24.6 Å². The van der Waals surface area contributed by atoms with Gasteiger partial charge in [0, 0.05) is 6.54 Å². The van der Waals surface area contributed by atoms with Gasteiger partial charge in [-0.1, -0.05) is 30.3 Å². The van der Waals surface area contributed by atoms with Crippen LogP contribution in [0.1, 0.15) is 18.4 Å². The maximum atomic E-state index is 12.2. The molecule has 1 unspecified atom stereocenters. The first kappa shape index (κ1) is 12.1. The van der Waals surface area contributed by atoms with Gasteiger partial charge in [-0.25, -0.2) is 0 Å². The SMILES string of the molecule is CC1(O)CN(C(=O)C(CN)c2ccccc2)C1. The monoisotopic (exact) mass is 234 g/mol. The van der Waals surface area contributed by atoms with E-state index in [1.165, 1.54) is 0 Å². The maximum absolute atomic E-state index is 12.2. The Morgan fingerprint density at radius 1 is 1.47 bits per heavy atom. The highest BCUT2D eigenvalue weighted by Gasteiger charge is 2.41. The summed E-state index contributed by atoms with van der Waals surface area (Å²) >= 11 is 0. The Morgan fingerprint density at radius 2 is 2.06 bits per heavy atom. The van der Waals surface area contributed by atoms with Crippen LogP contribution in [0.5, 0.6) is 0 Å². The number of hydrogen-bond acceptors (Lipinski definition) is 3. The Hall–Kier alpha value is -1.39. The van der Waals surface area contributed by atoms with Crippen LogP contribution in [0.2, 0.25) is 0 Å². The van der Waals surface area contributed by atoms with Crippen LogP contribution in [-0.4, -0.2) is 41.1 Å². The molecule has 0 aromatic heterocycles. The summed E-state index contributed by atoms with van der Waals surface area (Å²) in [5, 5.41) is 9.63. The third kappa shape index (κ3) is 2.48. The predicted molar refractivity (Wildman–Crippen MR) is 65.4 cm³/mol. The van der Waals surface area contributed by atoms with E-state index >= 15 is 0 Å². The van der Waals surface area contributed by atoms with Crippen molar-refractivity contribution in [2.75, 3.05) is 19.6 Å². The Morgan fingerprint density at radius 3 is 2.53 bits per heavy atom. The van der Waals surface area contributed by atoms with E-state index in [0.29, 0.717) is 19.6 Å². The van der Waals surface area contributed by atoms with E-state index in [2.05, 4.69) is 0 Å². The fraction of sp³-hybridized carbons (Fsp3) is 0.462. The van der Waals surface area contributed by atoms with E-state index in [0.717, 1.165) is 5.56 Å². The molecule has 1 aromatic rings. The van der Waals surface area contributed by atoms with E-state index in [1.54, 1.807) is 11.8 Å². The molecule has 1 saturated heterocycles. The van der Waals surface area contributed by atoms with Crippen molar-refractivity contribution >= 4 is 5.91 Å². The van der Waals surface area contributed by atoms with E-state index in [-0.39, 0.29) is 11.8 Å². The summed E-state index contributed by atoms with van der Waals surface area (Å²) in [6, 6.07) is 9.53. The van der Waals surface area contributed by atoms with Crippen molar-refractivity contribution in [3.8, 4) is 0 Å². The highest BCUT2D eigenvalue weighted by atomic mass is 16.3. The van der Waals surface area contributed by atoms with Crippen LogP contribution in [0.15, 0.2) is 30.3 Å². The molecule has 2 rings (SSSR count). The molecule has 1 aliphatic rings. The van der Waals surface area contributed by atoms with Gasteiger partial charge < -0.3 is 15.7 Å². The van der Waals surface area contributed by atoms with Gasteiger partial charge in [0.25, 0.3) is 0 Å². The Labute approximate surface area is 101 Å². The van der Waals surface area contributed by atoms with Crippen molar-refractivity contribution in [1.82, 2.24) is 4.90 Å². The molecule has 1 heterocycles. The smallest absolute Gasteiger partial charge is 0.231 e. The molecule has 0 saturated carbocycles. The van der Waals surface area contributed by atoms with Crippen LogP contribution < -0.4 is 5.73 Å². The summed E-state index contributed by atoms with van der Waals surface area (Å²) in [4.78, 5) is 13.8. The zero-order valence-electron chi connectivity index (χ0n) is 9.97. The van der Waals surface area contributed by atoms with E-state index in [9.17, 15) is 9.90 Å². The average molecular weight is 234 g/mol. The van der Waals surface area contributed by atoms with Crippen molar-refractivity contribution in [2.24, 2.45) is 5.73 Å². The third-order valence-corrected chi connectivity index (χ3v) is 3.11. The van der Waals surface area contributed by atoms with Crippen LogP contribution >= 0.6 is 0 Å². The van der Waals surface area contributed by atoms with Crippen molar-refractivity contribution < 1.29 is 9.90 Å². The zero-order valence-corrected chi connectivity index (χ0v) is 9.97. The first-order chi connectivity index (χ1) is 8.03. The number of carbonyl (C=O) groups is 1. The van der Waals surface area contributed by atoms with Crippen molar-refractivity contribution in [3.05, 3.63) is 35.9 Å². The molecule has 0 spiro atoms. The summed E-state index contributed by atoms with van der Waals surface area (Å²) in [6.07, 6.45) is 0. The lowest BCUT2D eigenvalue weighted by molar-refractivity contribution is -0.153. The Bertz CT molecular complexity index is 395. The summed E-state index contributed by atoms with van der Waals surface area (Å²) in [5.41, 5.74) is 5.89. The number of benzene rings is 1. The van der Waals surface area contributed by atoms with Crippen molar-refractivity contribution in [1.29, 1.82) is 0 Å². The molecular formula is C13H18N2O2. The van der Waals surface area contributed by atoms with Gasteiger partial charge in [0.1, 0.15) is 0 Å². The molecule has 0 aliphatic carbocycles. The van der Waals surface area contributed by atoms with Gasteiger partial charge >= 0.3 is 0 Å². The number of aliphatic hydroxyl groups is 1. The molecule has 17 heavy (non-hydrogen) atoms. The third-order valence-electron chi connectivity index (χ3n) is 3.11. The number of amides is 1. The number of nitrogens with zero attached hydrogens (tertiary/aromatic N) is 1. The molecule has 1 aromatic carbocycles. The minimum absolute atomic E-state index is 0.00484. The van der Waals surface area contributed by atoms with Crippen molar-refractivity contribution in [3.63, 3.8) is 0 Å². The highest BCUT2D eigenvalue weighted by molar-refractivity contribution is 5.85. The number of rotatable bonds is 3. The molecule has 3 N–H and O–H groups in total. The standard InChI is InChI=1S/C13H18N2O2/c1-13(17)8-15(9-13)12(16)11(7-14)10-5-3-2-4-6-10/h2-6,11,17H,7-9,14H2,1H3. The van der Waals surface area contributed by atoms with Gasteiger partial charge in [0.2, 0.25) is 5.91 Å². The lowest BCUT2D eigenvalue weighted by Crippen LogP contribution is -2.62. The normalized spacial score (nSPS) is 19.6. The molecule has 1 aliphatic heterocycles. The lowest BCUT2D eigenvalue weighted by Gasteiger charge is -2.45. The van der Waals surface area contributed by atoms with Crippen molar-refractivity contribution in [2.45, 2.75) is 18.4 Å². The highest BCUT2D eigenvalue weighted by Crippen LogP contribution is 2.25. The minimum Gasteiger partial charge on any atom is -0.386 e. The lowest BCUT2D eigenvalue weighted by atomic mass is 9.91. The second-order valence-electron chi connectivity index (χ2n) is 4.89. The second-order valence-corrected chi connectivity index (χ2v) is 4.89. The summed E-state index contributed by atoms with van der Waals surface area (Å²) in [6.45, 7) is 2.82.